The van der Waals surface area contributed by atoms with Crippen LogP contribution >= 0.6 is 0 Å². The van der Waals surface area contributed by atoms with Gasteiger partial charge in [0.25, 0.3) is 0 Å². The molecule has 0 atom stereocenters. The fourth-order valence-electron chi connectivity index (χ4n) is 3.12. The van der Waals surface area contributed by atoms with E-state index >= 15 is 0 Å². The van der Waals surface area contributed by atoms with Gasteiger partial charge in [0.1, 0.15) is 7.05 Å². The molecule has 0 radical (unpaired) electrons. The maximum absolute atomic E-state index is 6.12. The van der Waals surface area contributed by atoms with Crippen molar-refractivity contribution < 1.29 is 8.98 Å². The SMILES string of the molecule is Cc1ccc2c(n1)oc1c(-c3cc(C)c(C)c[n+]3C)cccc12. The smallest absolute Gasteiger partial charge is 0.227 e. The maximum Gasteiger partial charge on any atom is 0.227 e. The average Bonchev–Trinajstić information content (AvgIpc) is 2.88. The molecule has 0 saturated carbocycles. The lowest BCUT2D eigenvalue weighted by atomic mass is 10.0. The molecule has 0 N–H and O–H groups in total. The molecule has 4 aromatic rings. The second-order valence-electron chi connectivity index (χ2n) is 6.23. The molecule has 3 heteroatoms. The Hall–Kier alpha value is -2.68. The minimum atomic E-state index is 0.707. The van der Waals surface area contributed by atoms with Crippen LogP contribution < -0.4 is 4.57 Å². The Morgan fingerprint density at radius 1 is 0.957 bits per heavy atom. The van der Waals surface area contributed by atoms with E-state index in [1.54, 1.807) is 0 Å². The van der Waals surface area contributed by atoms with Gasteiger partial charge in [-0.1, -0.05) is 12.1 Å². The van der Waals surface area contributed by atoms with Crippen molar-refractivity contribution in [2.45, 2.75) is 20.8 Å². The normalized spacial score (nSPS) is 11.5. The highest BCUT2D eigenvalue weighted by Gasteiger charge is 2.19. The van der Waals surface area contributed by atoms with Crippen LogP contribution in [0.25, 0.3) is 33.3 Å². The van der Waals surface area contributed by atoms with E-state index in [4.69, 9.17) is 4.42 Å². The molecule has 3 nitrogen and oxygen atoms in total. The molecule has 114 valence electrons. The number of benzene rings is 1. The number of furan rings is 1. The van der Waals surface area contributed by atoms with Gasteiger partial charge in [0, 0.05) is 28.1 Å². The highest BCUT2D eigenvalue weighted by Crippen LogP contribution is 2.34. The van der Waals surface area contributed by atoms with Crippen LogP contribution in [-0.4, -0.2) is 4.98 Å². The summed E-state index contributed by atoms with van der Waals surface area (Å²) in [7, 11) is 2.08. The Bertz CT molecular complexity index is 1060. The van der Waals surface area contributed by atoms with Crippen LogP contribution in [-0.2, 0) is 7.05 Å². The summed E-state index contributed by atoms with van der Waals surface area (Å²) in [6.07, 6.45) is 2.16. The van der Waals surface area contributed by atoms with Crippen LogP contribution in [0.5, 0.6) is 0 Å². The van der Waals surface area contributed by atoms with E-state index in [1.165, 1.54) is 11.1 Å². The molecule has 0 fully saturated rings. The summed E-state index contributed by atoms with van der Waals surface area (Å²) in [5, 5.41) is 2.18. The zero-order valence-corrected chi connectivity index (χ0v) is 13.8. The summed E-state index contributed by atoms with van der Waals surface area (Å²) in [5.74, 6) is 0. The Morgan fingerprint density at radius 2 is 1.78 bits per heavy atom. The molecule has 0 saturated heterocycles. The standard InChI is InChI=1S/C20H19N2O/c1-12-10-18(22(4)11-13(12)2)17-7-5-6-15-16-9-8-14(3)21-20(16)23-19(15)17/h5-11H,1-4H3/q+1. The molecular formula is C20H19N2O+. The summed E-state index contributed by atoms with van der Waals surface area (Å²) in [4.78, 5) is 4.53. The monoisotopic (exact) mass is 303 g/mol. The number of nitrogens with zero attached hydrogens (tertiary/aromatic N) is 2. The molecule has 4 rings (SSSR count). The fourth-order valence-corrected chi connectivity index (χ4v) is 3.12. The van der Waals surface area contributed by atoms with Gasteiger partial charge in [0.2, 0.25) is 11.4 Å². The molecule has 0 aliphatic carbocycles. The molecule has 0 bridgehead atoms. The number of fused-ring (bicyclic) bond motifs is 3. The van der Waals surface area contributed by atoms with Crippen molar-refractivity contribution in [3.05, 3.63) is 59.4 Å². The van der Waals surface area contributed by atoms with Crippen molar-refractivity contribution in [3.63, 3.8) is 0 Å². The minimum absolute atomic E-state index is 0.707. The second-order valence-corrected chi connectivity index (χ2v) is 6.23. The fraction of sp³-hybridized carbons (Fsp3) is 0.200. The number of aromatic nitrogens is 2. The molecule has 23 heavy (non-hydrogen) atoms. The number of aryl methyl sites for hydroxylation is 4. The number of hydrogen-bond donors (Lipinski definition) is 0. The maximum atomic E-state index is 6.12. The van der Waals surface area contributed by atoms with Crippen molar-refractivity contribution in [3.8, 4) is 11.3 Å². The lowest BCUT2D eigenvalue weighted by Crippen LogP contribution is -2.31. The third-order valence-electron chi connectivity index (χ3n) is 4.52. The van der Waals surface area contributed by atoms with Crippen LogP contribution in [0.3, 0.4) is 0 Å². The van der Waals surface area contributed by atoms with E-state index in [1.807, 2.05) is 13.0 Å². The summed E-state index contributed by atoms with van der Waals surface area (Å²) in [5.41, 5.74) is 7.39. The van der Waals surface area contributed by atoms with Gasteiger partial charge in [-0.15, -0.1) is 0 Å². The largest absolute Gasteiger partial charge is 0.437 e. The first kappa shape index (κ1) is 13.9. The number of pyridine rings is 2. The molecule has 3 aromatic heterocycles. The van der Waals surface area contributed by atoms with Crippen molar-refractivity contribution in [1.82, 2.24) is 4.98 Å². The first-order valence-electron chi connectivity index (χ1n) is 7.81. The second kappa shape index (κ2) is 4.92. The van der Waals surface area contributed by atoms with E-state index in [0.717, 1.165) is 33.3 Å². The Balaban J connectivity index is 2.08. The van der Waals surface area contributed by atoms with Crippen molar-refractivity contribution >= 4 is 22.1 Å². The highest BCUT2D eigenvalue weighted by molar-refractivity contribution is 6.08. The minimum Gasteiger partial charge on any atom is -0.437 e. The van der Waals surface area contributed by atoms with Gasteiger partial charge in [-0.25, -0.2) is 9.55 Å². The van der Waals surface area contributed by atoms with Crippen LogP contribution in [0, 0.1) is 20.8 Å². The molecule has 3 heterocycles. The van der Waals surface area contributed by atoms with Crippen LogP contribution in [0.1, 0.15) is 16.8 Å². The van der Waals surface area contributed by atoms with E-state index in [9.17, 15) is 0 Å². The zero-order chi connectivity index (χ0) is 16.1. The van der Waals surface area contributed by atoms with Crippen LogP contribution in [0.2, 0.25) is 0 Å². The Kier molecular flexibility index (Phi) is 2.98. The molecule has 0 unspecified atom stereocenters. The predicted octanol–water partition coefficient (Wildman–Crippen LogP) is 4.40. The summed E-state index contributed by atoms with van der Waals surface area (Å²) in [6, 6.07) is 12.6. The van der Waals surface area contributed by atoms with Crippen molar-refractivity contribution in [2.75, 3.05) is 0 Å². The van der Waals surface area contributed by atoms with E-state index in [-0.39, 0.29) is 0 Å². The van der Waals surface area contributed by atoms with Gasteiger partial charge in [0.15, 0.2) is 11.8 Å². The quantitative estimate of drug-likeness (QED) is 0.488. The van der Waals surface area contributed by atoms with E-state index < -0.39 is 0 Å². The molecule has 0 amide bonds. The van der Waals surface area contributed by atoms with E-state index in [2.05, 4.69) is 67.0 Å². The topological polar surface area (TPSA) is 29.9 Å². The third kappa shape index (κ3) is 2.12. The lowest BCUT2D eigenvalue weighted by Gasteiger charge is -2.04. The first-order valence-corrected chi connectivity index (χ1v) is 7.81. The van der Waals surface area contributed by atoms with Gasteiger partial charge >= 0.3 is 0 Å². The third-order valence-corrected chi connectivity index (χ3v) is 4.52. The molecule has 1 aromatic carbocycles. The molecule has 0 spiro atoms. The van der Waals surface area contributed by atoms with Crippen LogP contribution in [0.15, 0.2) is 47.0 Å². The first-order chi connectivity index (χ1) is 11.0. The van der Waals surface area contributed by atoms with Crippen LogP contribution in [0.4, 0.5) is 0 Å². The van der Waals surface area contributed by atoms with Gasteiger partial charge in [-0.3, -0.25) is 0 Å². The van der Waals surface area contributed by atoms with Gasteiger partial charge < -0.3 is 4.42 Å². The summed E-state index contributed by atoms with van der Waals surface area (Å²) in [6.45, 7) is 6.26. The summed E-state index contributed by atoms with van der Waals surface area (Å²) >= 11 is 0. The highest BCUT2D eigenvalue weighted by atomic mass is 16.3. The van der Waals surface area contributed by atoms with Gasteiger partial charge in [-0.2, -0.15) is 0 Å². The number of para-hydroxylation sites is 1. The van der Waals surface area contributed by atoms with E-state index in [0.29, 0.717) is 5.71 Å². The summed E-state index contributed by atoms with van der Waals surface area (Å²) < 4.78 is 8.28. The zero-order valence-electron chi connectivity index (χ0n) is 13.8. The number of hydrogen-bond acceptors (Lipinski definition) is 2. The molecule has 0 aliphatic rings. The molecular weight excluding hydrogens is 284 g/mol. The van der Waals surface area contributed by atoms with Crippen molar-refractivity contribution in [1.29, 1.82) is 0 Å². The lowest BCUT2D eigenvalue weighted by molar-refractivity contribution is -0.660. The Morgan fingerprint density at radius 3 is 2.61 bits per heavy atom. The van der Waals surface area contributed by atoms with Gasteiger partial charge in [0.05, 0.1) is 5.56 Å². The Labute approximate surface area is 135 Å². The number of rotatable bonds is 1. The average molecular weight is 303 g/mol. The van der Waals surface area contributed by atoms with Crippen molar-refractivity contribution in [2.24, 2.45) is 7.05 Å². The predicted molar refractivity (Wildman–Crippen MR) is 92.3 cm³/mol. The molecule has 0 aliphatic heterocycles. The van der Waals surface area contributed by atoms with Gasteiger partial charge in [-0.05, 0) is 44.5 Å².